The number of rotatable bonds is 2. The molecule has 0 spiro atoms. The van der Waals surface area contributed by atoms with Crippen molar-refractivity contribution in [2.45, 2.75) is 57.2 Å². The zero-order valence-electron chi connectivity index (χ0n) is 11.2. The van der Waals surface area contributed by atoms with Crippen LogP contribution >= 0.6 is 0 Å². The van der Waals surface area contributed by atoms with E-state index in [2.05, 4.69) is 15.3 Å². The number of anilines is 2. The molecule has 2 rings (SSSR count). The lowest BCUT2D eigenvalue weighted by Gasteiger charge is -2.22. The van der Waals surface area contributed by atoms with Crippen LogP contribution in [0.15, 0.2) is 6.07 Å². The summed E-state index contributed by atoms with van der Waals surface area (Å²) in [4.78, 5) is 6.76. The first-order valence-electron chi connectivity index (χ1n) is 6.93. The molecule has 1 heterocycles. The predicted octanol–water partition coefficient (Wildman–Crippen LogP) is 3.60. The van der Waals surface area contributed by atoms with Crippen molar-refractivity contribution in [3.63, 3.8) is 0 Å². The average Bonchev–Trinajstić information content (AvgIpc) is 2.30. The second-order valence-electron chi connectivity index (χ2n) is 5.19. The van der Waals surface area contributed by atoms with Crippen LogP contribution in [0.5, 0.6) is 0 Å². The van der Waals surface area contributed by atoms with E-state index in [0.29, 0.717) is 0 Å². The van der Waals surface area contributed by atoms with Crippen molar-refractivity contribution in [3.05, 3.63) is 11.9 Å². The molecule has 112 valence electrons. The summed E-state index contributed by atoms with van der Waals surface area (Å²) in [6.45, 7) is 0. The summed E-state index contributed by atoms with van der Waals surface area (Å²) >= 11 is 0. The van der Waals surface area contributed by atoms with Crippen molar-refractivity contribution in [1.82, 2.24) is 9.97 Å². The van der Waals surface area contributed by atoms with Gasteiger partial charge in [-0.25, -0.2) is 9.97 Å². The van der Waals surface area contributed by atoms with Gasteiger partial charge >= 0.3 is 6.18 Å². The van der Waals surface area contributed by atoms with Gasteiger partial charge in [-0.3, -0.25) is 0 Å². The highest BCUT2D eigenvalue weighted by Gasteiger charge is 2.35. The standard InChI is InChI=1S/C13H19F3N4/c14-13(15,16)12-19-10(17)8-11(20-12)18-9-6-4-2-1-3-5-7-9/h8-9H,1-7H2,(H3,17,18,19,20). The minimum absolute atomic E-state index is 0.158. The van der Waals surface area contributed by atoms with E-state index in [9.17, 15) is 13.2 Å². The molecule has 0 atom stereocenters. The Kier molecular flexibility index (Phi) is 4.67. The van der Waals surface area contributed by atoms with Crippen molar-refractivity contribution in [2.75, 3.05) is 11.1 Å². The molecular formula is C13H19F3N4. The highest BCUT2D eigenvalue weighted by Crippen LogP contribution is 2.28. The molecule has 1 saturated carbocycles. The van der Waals surface area contributed by atoms with Gasteiger partial charge in [-0.15, -0.1) is 0 Å². The quantitative estimate of drug-likeness (QED) is 0.872. The molecule has 0 bridgehead atoms. The van der Waals surface area contributed by atoms with E-state index in [1.165, 1.54) is 25.3 Å². The maximum atomic E-state index is 12.6. The molecular weight excluding hydrogens is 269 g/mol. The van der Waals surface area contributed by atoms with Crippen molar-refractivity contribution < 1.29 is 13.2 Å². The molecule has 0 radical (unpaired) electrons. The number of nitrogen functional groups attached to an aromatic ring is 1. The van der Waals surface area contributed by atoms with Crippen molar-refractivity contribution in [1.29, 1.82) is 0 Å². The molecule has 1 aromatic rings. The molecule has 0 unspecified atom stereocenters. The summed E-state index contributed by atoms with van der Waals surface area (Å²) in [5, 5.41) is 3.07. The fourth-order valence-electron chi connectivity index (χ4n) is 2.48. The number of nitrogens with two attached hydrogens (primary N) is 1. The van der Waals surface area contributed by atoms with Crippen LogP contribution in [0, 0.1) is 0 Å². The number of aromatic nitrogens is 2. The monoisotopic (exact) mass is 288 g/mol. The van der Waals surface area contributed by atoms with Gasteiger partial charge in [0.25, 0.3) is 0 Å². The van der Waals surface area contributed by atoms with Crippen LogP contribution in [0.3, 0.4) is 0 Å². The van der Waals surface area contributed by atoms with E-state index in [1.54, 1.807) is 0 Å². The van der Waals surface area contributed by atoms with Crippen LogP contribution in [-0.2, 0) is 6.18 Å². The third-order valence-corrected chi connectivity index (χ3v) is 3.46. The maximum Gasteiger partial charge on any atom is 0.451 e. The lowest BCUT2D eigenvalue weighted by molar-refractivity contribution is -0.144. The highest BCUT2D eigenvalue weighted by molar-refractivity contribution is 5.45. The van der Waals surface area contributed by atoms with Crippen molar-refractivity contribution in [2.24, 2.45) is 0 Å². The molecule has 7 heteroatoms. The smallest absolute Gasteiger partial charge is 0.384 e. The summed E-state index contributed by atoms with van der Waals surface area (Å²) in [6, 6.07) is 1.51. The molecule has 0 amide bonds. The molecule has 1 aromatic heterocycles. The van der Waals surface area contributed by atoms with Gasteiger partial charge in [-0.2, -0.15) is 13.2 Å². The summed E-state index contributed by atoms with van der Waals surface area (Å²) in [5.74, 6) is -1.19. The number of alkyl halides is 3. The van der Waals surface area contributed by atoms with E-state index in [0.717, 1.165) is 25.7 Å². The first-order chi connectivity index (χ1) is 9.45. The van der Waals surface area contributed by atoms with E-state index in [4.69, 9.17) is 5.73 Å². The Morgan fingerprint density at radius 2 is 1.65 bits per heavy atom. The van der Waals surface area contributed by atoms with Gasteiger partial charge in [0, 0.05) is 12.1 Å². The lowest BCUT2D eigenvalue weighted by atomic mass is 9.97. The lowest BCUT2D eigenvalue weighted by Crippen LogP contribution is -2.23. The summed E-state index contributed by atoms with van der Waals surface area (Å²) in [6.07, 6.45) is 3.10. The van der Waals surface area contributed by atoms with Gasteiger partial charge in [0.1, 0.15) is 11.6 Å². The van der Waals surface area contributed by atoms with E-state index in [-0.39, 0.29) is 17.7 Å². The zero-order valence-corrected chi connectivity index (χ0v) is 11.2. The van der Waals surface area contributed by atoms with Crippen molar-refractivity contribution >= 4 is 11.6 Å². The fourth-order valence-corrected chi connectivity index (χ4v) is 2.48. The summed E-state index contributed by atoms with van der Waals surface area (Å²) < 4.78 is 37.9. The van der Waals surface area contributed by atoms with Crippen LogP contribution in [-0.4, -0.2) is 16.0 Å². The van der Waals surface area contributed by atoms with Gasteiger partial charge in [0.15, 0.2) is 0 Å². The van der Waals surface area contributed by atoms with E-state index in [1.807, 2.05) is 0 Å². The third kappa shape index (κ3) is 4.25. The molecule has 1 fully saturated rings. The van der Waals surface area contributed by atoms with E-state index < -0.39 is 12.0 Å². The molecule has 1 aliphatic carbocycles. The Morgan fingerprint density at radius 3 is 2.25 bits per heavy atom. The predicted molar refractivity (Wildman–Crippen MR) is 71.2 cm³/mol. The summed E-state index contributed by atoms with van der Waals surface area (Å²) in [7, 11) is 0. The van der Waals surface area contributed by atoms with Gasteiger partial charge in [0.2, 0.25) is 5.82 Å². The van der Waals surface area contributed by atoms with Crippen LogP contribution in [0.4, 0.5) is 24.8 Å². The largest absolute Gasteiger partial charge is 0.451 e. The highest BCUT2D eigenvalue weighted by atomic mass is 19.4. The molecule has 0 saturated heterocycles. The van der Waals surface area contributed by atoms with Crippen molar-refractivity contribution in [3.8, 4) is 0 Å². The first kappa shape index (κ1) is 14.9. The molecule has 20 heavy (non-hydrogen) atoms. The number of nitrogens with one attached hydrogen (secondary N) is 1. The number of nitrogens with zero attached hydrogens (tertiary/aromatic N) is 2. The Balaban J connectivity index is 2.09. The number of halogens is 3. The van der Waals surface area contributed by atoms with Gasteiger partial charge in [0.05, 0.1) is 0 Å². The number of hydrogen-bond donors (Lipinski definition) is 2. The Morgan fingerprint density at radius 1 is 1.05 bits per heavy atom. The third-order valence-electron chi connectivity index (χ3n) is 3.46. The second kappa shape index (κ2) is 6.28. The molecule has 0 aromatic carbocycles. The summed E-state index contributed by atoms with van der Waals surface area (Å²) in [5.41, 5.74) is 5.43. The Labute approximate surface area is 116 Å². The fraction of sp³-hybridized carbons (Fsp3) is 0.692. The molecule has 4 nitrogen and oxygen atoms in total. The topological polar surface area (TPSA) is 63.8 Å². The SMILES string of the molecule is Nc1cc(NC2CCCCCCC2)nc(C(F)(F)F)n1. The molecule has 1 aliphatic rings. The zero-order chi connectivity index (χ0) is 14.6. The first-order valence-corrected chi connectivity index (χ1v) is 6.93. The minimum atomic E-state index is -4.58. The Hall–Kier alpha value is -1.53. The van der Waals surface area contributed by atoms with E-state index >= 15 is 0 Å². The Bertz CT molecular complexity index is 440. The second-order valence-corrected chi connectivity index (χ2v) is 5.19. The van der Waals surface area contributed by atoms with Gasteiger partial charge in [-0.1, -0.05) is 32.1 Å². The molecule has 0 aliphatic heterocycles. The van der Waals surface area contributed by atoms with Gasteiger partial charge in [-0.05, 0) is 12.8 Å². The number of hydrogen-bond acceptors (Lipinski definition) is 4. The maximum absolute atomic E-state index is 12.6. The normalized spacial score (nSPS) is 18.4. The van der Waals surface area contributed by atoms with Gasteiger partial charge < -0.3 is 11.1 Å². The minimum Gasteiger partial charge on any atom is -0.384 e. The average molecular weight is 288 g/mol. The van der Waals surface area contributed by atoms with Crippen LogP contribution in [0.2, 0.25) is 0 Å². The van der Waals surface area contributed by atoms with Crippen LogP contribution in [0.1, 0.15) is 50.8 Å². The van der Waals surface area contributed by atoms with Crippen LogP contribution in [0.25, 0.3) is 0 Å². The molecule has 3 N–H and O–H groups in total. The van der Waals surface area contributed by atoms with Crippen LogP contribution < -0.4 is 11.1 Å².